The summed E-state index contributed by atoms with van der Waals surface area (Å²) in [6, 6.07) is 20.0. The van der Waals surface area contributed by atoms with Crippen molar-refractivity contribution in [3.8, 4) is 5.75 Å². The third-order valence-electron chi connectivity index (χ3n) is 5.31. The van der Waals surface area contributed by atoms with E-state index in [9.17, 15) is 0 Å². The summed E-state index contributed by atoms with van der Waals surface area (Å²) in [4.78, 5) is 5.63. The van der Waals surface area contributed by atoms with Gasteiger partial charge in [-0.2, -0.15) is 10.1 Å². The molecule has 7 heteroatoms. The molecule has 2 aromatic heterocycles. The molecule has 0 radical (unpaired) electrons. The lowest BCUT2D eigenvalue weighted by molar-refractivity contribution is 0.223. The Labute approximate surface area is 176 Å². The first-order valence-electron chi connectivity index (χ1n) is 9.25. The number of fused-ring (bicyclic) bond motifs is 3. The molecule has 0 bridgehead atoms. The smallest absolute Gasteiger partial charge is 0.226 e. The van der Waals surface area contributed by atoms with Crippen molar-refractivity contribution < 1.29 is 4.74 Å². The van der Waals surface area contributed by atoms with Gasteiger partial charge in [-0.25, -0.2) is 4.68 Å². The highest BCUT2D eigenvalue weighted by Crippen LogP contribution is 2.51. The van der Waals surface area contributed by atoms with E-state index in [1.807, 2.05) is 47.1 Å². The molecule has 2 aromatic carbocycles. The summed E-state index contributed by atoms with van der Waals surface area (Å²) in [6.07, 6.45) is 1.32. The largest absolute Gasteiger partial charge is 0.480 e. The van der Waals surface area contributed by atoms with E-state index in [-0.39, 0.29) is 12.1 Å². The number of ether oxygens (including phenoxy) is 1. The van der Waals surface area contributed by atoms with Gasteiger partial charge in [-0.15, -0.1) is 11.3 Å². The summed E-state index contributed by atoms with van der Waals surface area (Å²) in [5.41, 5.74) is 4.23. The summed E-state index contributed by atoms with van der Waals surface area (Å²) in [6.45, 7) is 0. The molecule has 0 aliphatic carbocycles. The highest BCUT2D eigenvalue weighted by atomic mass is 35.5. The van der Waals surface area contributed by atoms with E-state index in [0.717, 1.165) is 34.1 Å². The first kappa shape index (κ1) is 16.8. The molecular weight excluding hydrogens is 404 g/mol. The van der Waals surface area contributed by atoms with Crippen molar-refractivity contribution in [2.45, 2.75) is 12.1 Å². The van der Waals surface area contributed by atoms with E-state index < -0.39 is 0 Å². The average molecular weight is 419 g/mol. The second kappa shape index (κ2) is 6.47. The number of benzene rings is 2. The zero-order chi connectivity index (χ0) is 19.4. The molecular formula is C22H15ClN4OS. The number of nitrogens with zero attached hydrogens (tertiary/aromatic N) is 3. The number of hydrogen-bond donors (Lipinski definition) is 1. The normalized spacial score (nSPS) is 19.6. The minimum absolute atomic E-state index is 0.0993. The molecule has 0 fully saturated rings. The number of para-hydroxylation sites is 1. The van der Waals surface area contributed by atoms with Crippen LogP contribution >= 0.6 is 22.9 Å². The van der Waals surface area contributed by atoms with Crippen molar-refractivity contribution in [1.82, 2.24) is 14.8 Å². The summed E-state index contributed by atoms with van der Waals surface area (Å²) in [5.74, 6) is 1.57. The van der Waals surface area contributed by atoms with Crippen LogP contribution in [0.25, 0.3) is 5.70 Å². The number of rotatable bonds is 2. The van der Waals surface area contributed by atoms with E-state index in [0.29, 0.717) is 5.02 Å². The molecule has 0 spiro atoms. The first-order valence-corrected chi connectivity index (χ1v) is 10.5. The van der Waals surface area contributed by atoms with Crippen LogP contribution in [0.2, 0.25) is 5.02 Å². The second-order valence-electron chi connectivity index (χ2n) is 6.95. The Morgan fingerprint density at radius 2 is 1.90 bits per heavy atom. The van der Waals surface area contributed by atoms with Gasteiger partial charge in [-0.3, -0.25) is 0 Å². The van der Waals surface area contributed by atoms with Crippen molar-refractivity contribution in [3.63, 3.8) is 0 Å². The Bertz CT molecular complexity index is 1230. The lowest BCUT2D eigenvalue weighted by atomic mass is 9.87. The number of thiophene rings is 1. The van der Waals surface area contributed by atoms with Crippen molar-refractivity contribution >= 4 is 34.6 Å². The molecule has 0 unspecified atom stereocenters. The molecule has 6 rings (SSSR count). The molecule has 142 valence electrons. The zero-order valence-electron chi connectivity index (χ0n) is 15.1. The third kappa shape index (κ3) is 2.60. The van der Waals surface area contributed by atoms with Gasteiger partial charge in [-0.05, 0) is 41.3 Å². The fourth-order valence-electron chi connectivity index (χ4n) is 4.05. The van der Waals surface area contributed by atoms with Gasteiger partial charge in [0.1, 0.15) is 24.2 Å². The molecule has 5 nitrogen and oxygen atoms in total. The van der Waals surface area contributed by atoms with Crippen molar-refractivity contribution in [2.24, 2.45) is 0 Å². The van der Waals surface area contributed by atoms with Crippen LogP contribution in [0.15, 0.2) is 77.9 Å². The van der Waals surface area contributed by atoms with Crippen LogP contribution in [-0.2, 0) is 0 Å². The van der Waals surface area contributed by atoms with Crippen LogP contribution in [0, 0.1) is 0 Å². The first-order chi connectivity index (χ1) is 14.3. The Morgan fingerprint density at radius 1 is 1.03 bits per heavy atom. The molecule has 2 aliphatic rings. The molecule has 2 aliphatic heterocycles. The number of nitrogens with one attached hydrogen (secondary N) is 1. The molecule has 0 saturated carbocycles. The third-order valence-corrected chi connectivity index (χ3v) is 6.48. The van der Waals surface area contributed by atoms with Crippen molar-refractivity contribution in [3.05, 3.63) is 99.0 Å². The van der Waals surface area contributed by atoms with E-state index in [1.165, 1.54) is 4.88 Å². The maximum atomic E-state index is 6.55. The molecule has 4 aromatic rings. The van der Waals surface area contributed by atoms with Gasteiger partial charge in [0.2, 0.25) is 5.95 Å². The van der Waals surface area contributed by atoms with Crippen LogP contribution in [-0.4, -0.2) is 14.8 Å². The predicted molar refractivity (Wildman–Crippen MR) is 114 cm³/mol. The van der Waals surface area contributed by atoms with Crippen LogP contribution in [0.5, 0.6) is 5.75 Å². The van der Waals surface area contributed by atoms with Crippen LogP contribution in [0.3, 0.4) is 0 Å². The molecule has 0 saturated heterocycles. The monoisotopic (exact) mass is 418 g/mol. The average Bonchev–Trinajstić information content (AvgIpc) is 3.44. The number of halogens is 1. The Morgan fingerprint density at radius 3 is 2.72 bits per heavy atom. The minimum atomic E-state index is -0.269. The fourth-order valence-corrected chi connectivity index (χ4v) is 5.00. The van der Waals surface area contributed by atoms with E-state index in [4.69, 9.17) is 16.3 Å². The van der Waals surface area contributed by atoms with E-state index >= 15 is 0 Å². The summed E-state index contributed by atoms with van der Waals surface area (Å²) in [5, 5.41) is 10.8. The zero-order valence-corrected chi connectivity index (χ0v) is 16.7. The molecule has 29 heavy (non-hydrogen) atoms. The van der Waals surface area contributed by atoms with E-state index in [1.54, 1.807) is 17.7 Å². The number of anilines is 1. The molecule has 4 heterocycles. The van der Waals surface area contributed by atoms with E-state index in [2.05, 4.69) is 39.0 Å². The second-order valence-corrected chi connectivity index (χ2v) is 8.36. The number of hydrogen-bond acceptors (Lipinski definition) is 5. The van der Waals surface area contributed by atoms with Crippen LogP contribution in [0.4, 0.5) is 5.95 Å². The summed E-state index contributed by atoms with van der Waals surface area (Å²) >= 11 is 7.85. The van der Waals surface area contributed by atoms with Crippen molar-refractivity contribution in [1.29, 1.82) is 0 Å². The maximum Gasteiger partial charge on any atom is 0.226 e. The fraction of sp³-hybridized carbons (Fsp3) is 0.0909. The van der Waals surface area contributed by atoms with Gasteiger partial charge in [0, 0.05) is 21.0 Å². The van der Waals surface area contributed by atoms with Gasteiger partial charge in [-0.1, -0.05) is 41.9 Å². The summed E-state index contributed by atoms with van der Waals surface area (Å²) < 4.78 is 8.48. The Kier molecular flexibility index (Phi) is 3.76. The summed E-state index contributed by atoms with van der Waals surface area (Å²) in [7, 11) is 0. The minimum Gasteiger partial charge on any atom is -0.480 e. The standard InChI is InChI=1S/C22H15ClN4OS/c23-14-9-7-13(8-10-14)21-18-19(15-4-1-2-5-16(15)28-21)26-22-24-12-25-27(22)20(18)17-6-3-11-29-17/h1-12,20-21H,(H,24,25,26)/t20-,21+/m1/s1. The molecule has 0 amide bonds. The van der Waals surface area contributed by atoms with Crippen LogP contribution < -0.4 is 10.1 Å². The highest BCUT2D eigenvalue weighted by molar-refractivity contribution is 7.10. The highest BCUT2D eigenvalue weighted by Gasteiger charge is 2.41. The predicted octanol–water partition coefficient (Wildman–Crippen LogP) is 5.55. The topological polar surface area (TPSA) is 52.0 Å². The van der Waals surface area contributed by atoms with Gasteiger partial charge in [0.25, 0.3) is 0 Å². The lowest BCUT2D eigenvalue weighted by Gasteiger charge is -2.38. The van der Waals surface area contributed by atoms with Gasteiger partial charge >= 0.3 is 0 Å². The van der Waals surface area contributed by atoms with Gasteiger partial charge in [0.15, 0.2) is 0 Å². The lowest BCUT2D eigenvalue weighted by Crippen LogP contribution is -2.32. The number of aromatic nitrogens is 3. The van der Waals surface area contributed by atoms with Crippen molar-refractivity contribution in [2.75, 3.05) is 5.32 Å². The van der Waals surface area contributed by atoms with Gasteiger partial charge < -0.3 is 10.1 Å². The van der Waals surface area contributed by atoms with Gasteiger partial charge in [0.05, 0.1) is 5.70 Å². The maximum absolute atomic E-state index is 6.55. The Hall–Kier alpha value is -3.09. The van der Waals surface area contributed by atoms with Crippen LogP contribution in [0.1, 0.15) is 28.1 Å². The molecule has 2 atom stereocenters. The SMILES string of the molecule is Clc1ccc([C@@H]2Oc3ccccc3C3=C2[C@@H](c2cccs2)n2ncnc2N3)cc1. The Balaban J connectivity index is 1.63. The molecule has 1 N–H and O–H groups in total. The quantitative estimate of drug-likeness (QED) is 0.463.